The molecule has 2 fully saturated rings. The lowest BCUT2D eigenvalue weighted by atomic mass is 9.86. The summed E-state index contributed by atoms with van der Waals surface area (Å²) in [6, 6.07) is 0.00486. The predicted molar refractivity (Wildman–Crippen MR) is 90.9 cm³/mol. The van der Waals surface area contributed by atoms with E-state index in [4.69, 9.17) is 20.8 Å². The third kappa shape index (κ3) is 4.12. The second-order valence-corrected chi connectivity index (χ2v) is 7.06. The maximum Gasteiger partial charge on any atom is 0.305 e. The van der Waals surface area contributed by atoms with Gasteiger partial charge in [-0.05, 0) is 19.3 Å². The van der Waals surface area contributed by atoms with Crippen LogP contribution in [0.3, 0.4) is 0 Å². The van der Waals surface area contributed by atoms with Crippen LogP contribution in [0.25, 0.3) is 4.85 Å². The van der Waals surface area contributed by atoms with Crippen molar-refractivity contribution in [2.75, 3.05) is 11.5 Å². The van der Waals surface area contributed by atoms with Gasteiger partial charge in [-0.15, -0.1) is 0 Å². The van der Waals surface area contributed by atoms with Gasteiger partial charge in [-0.3, -0.25) is 4.79 Å². The summed E-state index contributed by atoms with van der Waals surface area (Å²) in [7, 11) is 1.41. The van der Waals surface area contributed by atoms with Crippen LogP contribution in [0.1, 0.15) is 45.4 Å². The topological polar surface area (TPSA) is 49.1 Å². The molecule has 0 N–H and O–H groups in total. The molecule has 0 aromatic carbocycles. The zero-order valence-corrected chi connectivity index (χ0v) is 15.4. The van der Waals surface area contributed by atoms with E-state index < -0.39 is 0 Å². The standard InChI is InChI=1S/C16H24INO4/c1-11(18-2)8-12-4-6-14-16(10-17,22-12)9-13(21-14)5-7-15(19)20-3/h11-14H,4-10H2,1,3H3/t11-,12?,13+,14+,16-/m1/s1. The fourth-order valence-corrected chi connectivity index (χ4v) is 4.41. The number of hydrogen-bond donors (Lipinski definition) is 0. The average Bonchev–Trinajstić information content (AvgIpc) is 2.90. The largest absolute Gasteiger partial charge is 0.469 e. The summed E-state index contributed by atoms with van der Waals surface area (Å²) in [4.78, 5) is 14.9. The van der Waals surface area contributed by atoms with E-state index in [1.807, 2.05) is 6.92 Å². The molecule has 2 saturated heterocycles. The first kappa shape index (κ1) is 18.0. The molecule has 0 bridgehead atoms. The molecule has 2 aliphatic rings. The highest BCUT2D eigenvalue weighted by Gasteiger charge is 2.52. The Bertz CT molecular complexity index is 438. The van der Waals surface area contributed by atoms with E-state index >= 15 is 0 Å². The summed E-state index contributed by atoms with van der Waals surface area (Å²) in [5.74, 6) is -0.188. The van der Waals surface area contributed by atoms with Crippen molar-refractivity contribution in [3.8, 4) is 0 Å². The maximum atomic E-state index is 11.3. The van der Waals surface area contributed by atoms with Gasteiger partial charge in [0.05, 0.1) is 25.4 Å². The molecule has 0 aromatic heterocycles. The van der Waals surface area contributed by atoms with Crippen LogP contribution < -0.4 is 0 Å². The van der Waals surface area contributed by atoms with Crippen molar-refractivity contribution in [2.45, 2.75) is 75.4 Å². The number of hydrogen-bond acceptors (Lipinski definition) is 4. The molecule has 124 valence electrons. The number of ether oxygens (including phenoxy) is 3. The van der Waals surface area contributed by atoms with Gasteiger partial charge < -0.3 is 19.1 Å². The first-order valence-electron chi connectivity index (χ1n) is 7.85. The first-order chi connectivity index (χ1) is 10.5. The Balaban J connectivity index is 1.94. The summed E-state index contributed by atoms with van der Waals surface area (Å²) in [5.41, 5.74) is -0.244. The SMILES string of the molecule is [C-]#[N+][C@H](C)CC1CC[C@@H]2O[C@@H](CCC(=O)OC)C[C@]2(CI)O1. The van der Waals surface area contributed by atoms with E-state index in [0.29, 0.717) is 12.8 Å². The highest BCUT2D eigenvalue weighted by atomic mass is 127. The Labute approximate surface area is 146 Å². The number of rotatable bonds is 6. The minimum absolute atomic E-state index is 0.00486. The van der Waals surface area contributed by atoms with Crippen LogP contribution in [-0.2, 0) is 19.0 Å². The molecule has 5 atom stereocenters. The summed E-state index contributed by atoms with van der Waals surface area (Å²) in [6.45, 7) is 9.06. The van der Waals surface area contributed by atoms with E-state index in [1.54, 1.807) is 0 Å². The third-order valence-corrected chi connectivity index (χ3v) is 5.91. The van der Waals surface area contributed by atoms with Crippen molar-refractivity contribution in [3.63, 3.8) is 0 Å². The molecule has 0 amide bonds. The molecule has 1 unspecified atom stereocenters. The number of methoxy groups -OCH3 is 1. The fourth-order valence-electron chi connectivity index (χ4n) is 3.43. The van der Waals surface area contributed by atoms with Gasteiger partial charge >= 0.3 is 5.97 Å². The van der Waals surface area contributed by atoms with Gasteiger partial charge in [0.1, 0.15) is 5.60 Å². The molecule has 0 spiro atoms. The summed E-state index contributed by atoms with van der Waals surface area (Å²) in [5, 5.41) is 0. The number of alkyl halides is 1. The summed E-state index contributed by atoms with van der Waals surface area (Å²) >= 11 is 2.37. The second-order valence-electron chi connectivity index (χ2n) is 6.30. The van der Waals surface area contributed by atoms with Gasteiger partial charge in [0.25, 0.3) is 0 Å². The molecule has 6 heteroatoms. The number of fused-ring (bicyclic) bond motifs is 1. The van der Waals surface area contributed by atoms with Crippen LogP contribution in [-0.4, -0.2) is 47.5 Å². The van der Waals surface area contributed by atoms with Crippen LogP contribution in [0.2, 0.25) is 0 Å². The molecule has 2 heterocycles. The Kier molecular flexibility index (Phi) is 6.47. The van der Waals surface area contributed by atoms with E-state index in [0.717, 1.165) is 30.1 Å². The normalized spacial score (nSPS) is 35.5. The van der Waals surface area contributed by atoms with Crippen LogP contribution in [0.5, 0.6) is 0 Å². The predicted octanol–water partition coefficient (Wildman–Crippen LogP) is 3.15. The molecule has 0 radical (unpaired) electrons. The van der Waals surface area contributed by atoms with E-state index in [2.05, 4.69) is 27.4 Å². The van der Waals surface area contributed by atoms with E-state index in [1.165, 1.54) is 7.11 Å². The summed E-state index contributed by atoms with van der Waals surface area (Å²) in [6.07, 6.45) is 4.97. The minimum Gasteiger partial charge on any atom is -0.469 e. The quantitative estimate of drug-likeness (QED) is 0.286. The Morgan fingerprint density at radius 3 is 2.91 bits per heavy atom. The fraction of sp³-hybridized carbons (Fsp3) is 0.875. The second kappa shape index (κ2) is 7.93. The zero-order chi connectivity index (χ0) is 16.2. The number of nitrogens with zero attached hydrogens (tertiary/aromatic N) is 1. The van der Waals surface area contributed by atoms with Gasteiger partial charge in [-0.2, -0.15) is 0 Å². The first-order valence-corrected chi connectivity index (χ1v) is 9.38. The Morgan fingerprint density at radius 1 is 1.50 bits per heavy atom. The van der Waals surface area contributed by atoms with Crippen LogP contribution >= 0.6 is 22.6 Å². The molecule has 0 saturated carbocycles. The van der Waals surface area contributed by atoms with Crippen molar-refractivity contribution < 1.29 is 19.0 Å². The van der Waals surface area contributed by atoms with Gasteiger partial charge in [0, 0.05) is 30.6 Å². The molecular formula is C16H24INO4. The van der Waals surface area contributed by atoms with Crippen LogP contribution in [0, 0.1) is 6.57 Å². The van der Waals surface area contributed by atoms with Gasteiger partial charge in [-0.25, -0.2) is 6.57 Å². The lowest BCUT2D eigenvalue weighted by Gasteiger charge is -2.41. The maximum absolute atomic E-state index is 11.3. The van der Waals surface area contributed by atoms with Crippen molar-refractivity contribution in [3.05, 3.63) is 11.4 Å². The van der Waals surface area contributed by atoms with Crippen molar-refractivity contribution in [1.29, 1.82) is 0 Å². The van der Waals surface area contributed by atoms with Crippen LogP contribution in [0.15, 0.2) is 0 Å². The summed E-state index contributed by atoms with van der Waals surface area (Å²) < 4.78 is 18.1. The molecular weight excluding hydrogens is 397 g/mol. The lowest BCUT2D eigenvalue weighted by molar-refractivity contribution is -0.154. The highest BCUT2D eigenvalue weighted by molar-refractivity contribution is 14.1. The number of carbonyl (C=O) groups excluding carboxylic acids is 1. The number of halogens is 1. The van der Waals surface area contributed by atoms with E-state index in [9.17, 15) is 4.79 Å². The minimum atomic E-state index is -0.244. The molecule has 2 rings (SSSR count). The molecule has 22 heavy (non-hydrogen) atoms. The third-order valence-electron chi connectivity index (χ3n) is 4.62. The number of carbonyl (C=O) groups is 1. The molecule has 2 aliphatic heterocycles. The molecule has 5 nitrogen and oxygen atoms in total. The van der Waals surface area contributed by atoms with Gasteiger partial charge in [0.2, 0.25) is 6.04 Å². The smallest absolute Gasteiger partial charge is 0.305 e. The van der Waals surface area contributed by atoms with Crippen molar-refractivity contribution in [1.82, 2.24) is 0 Å². The average molecular weight is 421 g/mol. The Hall–Kier alpha value is -0.390. The van der Waals surface area contributed by atoms with Gasteiger partial charge in [0.15, 0.2) is 0 Å². The van der Waals surface area contributed by atoms with E-state index in [-0.39, 0.29) is 35.9 Å². The molecule has 0 aromatic rings. The van der Waals surface area contributed by atoms with Gasteiger partial charge in [-0.1, -0.05) is 22.6 Å². The monoisotopic (exact) mass is 421 g/mol. The molecule has 0 aliphatic carbocycles. The van der Waals surface area contributed by atoms with Crippen molar-refractivity contribution >= 4 is 28.6 Å². The number of esters is 1. The van der Waals surface area contributed by atoms with Crippen molar-refractivity contribution in [2.24, 2.45) is 0 Å². The zero-order valence-electron chi connectivity index (χ0n) is 13.2. The highest BCUT2D eigenvalue weighted by Crippen LogP contribution is 2.44. The lowest BCUT2D eigenvalue weighted by Crippen LogP contribution is -2.50. The Morgan fingerprint density at radius 2 is 2.27 bits per heavy atom. The van der Waals surface area contributed by atoms with Crippen LogP contribution in [0.4, 0.5) is 0 Å².